The Morgan fingerprint density at radius 1 is 1.29 bits per heavy atom. The zero-order valence-corrected chi connectivity index (χ0v) is 12.4. The van der Waals surface area contributed by atoms with Crippen molar-refractivity contribution in [3.8, 4) is 17.5 Å². The van der Waals surface area contributed by atoms with E-state index in [1.54, 1.807) is 0 Å². The van der Waals surface area contributed by atoms with Gasteiger partial charge in [-0.1, -0.05) is 17.3 Å². The fourth-order valence-corrected chi connectivity index (χ4v) is 3.98. The van der Waals surface area contributed by atoms with E-state index < -0.39 is 0 Å². The number of benzene rings is 1. The molecule has 1 saturated heterocycles. The Balaban J connectivity index is 1.58. The maximum absolute atomic E-state index is 9.23. The second-order valence-corrected chi connectivity index (χ2v) is 7.04. The van der Waals surface area contributed by atoms with Crippen LogP contribution in [0.2, 0.25) is 0 Å². The quantitative estimate of drug-likeness (QED) is 0.860. The van der Waals surface area contributed by atoms with Crippen molar-refractivity contribution in [3.05, 3.63) is 35.7 Å². The van der Waals surface area contributed by atoms with Crippen molar-refractivity contribution >= 4 is 11.8 Å². The van der Waals surface area contributed by atoms with Gasteiger partial charge in [0.1, 0.15) is 0 Å². The number of hydrogen-bond donors (Lipinski definition) is 0. The molecule has 1 aliphatic heterocycles. The molecule has 2 aromatic rings. The first-order valence-corrected chi connectivity index (χ1v) is 8.33. The van der Waals surface area contributed by atoms with E-state index in [-0.39, 0.29) is 5.41 Å². The molecular formula is C16H15N3OS. The Morgan fingerprint density at radius 3 is 2.71 bits per heavy atom. The van der Waals surface area contributed by atoms with Gasteiger partial charge in [0, 0.05) is 5.56 Å². The molecule has 1 saturated carbocycles. The molecule has 106 valence electrons. The first-order valence-electron chi connectivity index (χ1n) is 7.28. The highest BCUT2D eigenvalue weighted by Crippen LogP contribution is 2.47. The average Bonchev–Trinajstić information content (AvgIpc) is 2.94. The molecule has 2 fully saturated rings. The van der Waals surface area contributed by atoms with Crippen LogP contribution in [0.4, 0.5) is 0 Å². The van der Waals surface area contributed by atoms with Gasteiger partial charge in [-0.05, 0) is 49.1 Å². The Bertz CT molecular complexity index is 691. The molecule has 2 aliphatic rings. The van der Waals surface area contributed by atoms with Gasteiger partial charge in [-0.2, -0.15) is 22.0 Å². The third kappa shape index (κ3) is 2.24. The number of rotatable bonds is 3. The van der Waals surface area contributed by atoms with Crippen molar-refractivity contribution in [1.82, 2.24) is 10.1 Å². The third-order valence-electron chi connectivity index (χ3n) is 4.31. The maximum Gasteiger partial charge on any atom is 0.257 e. The summed E-state index contributed by atoms with van der Waals surface area (Å²) in [5, 5.41) is 13.7. The highest BCUT2D eigenvalue weighted by atomic mass is 32.2. The summed E-state index contributed by atoms with van der Waals surface area (Å²) < 4.78 is 5.39. The van der Waals surface area contributed by atoms with Crippen molar-refractivity contribution in [2.45, 2.75) is 36.3 Å². The Kier molecular flexibility index (Phi) is 3.00. The van der Waals surface area contributed by atoms with Crippen LogP contribution in [0, 0.1) is 11.3 Å². The molecule has 4 rings (SSSR count). The molecule has 21 heavy (non-hydrogen) atoms. The van der Waals surface area contributed by atoms with E-state index in [9.17, 15) is 5.26 Å². The minimum Gasteiger partial charge on any atom is -0.334 e. The lowest BCUT2D eigenvalue weighted by Crippen LogP contribution is -2.01. The minimum absolute atomic E-state index is 0.237. The van der Waals surface area contributed by atoms with E-state index in [0.29, 0.717) is 11.1 Å². The standard InChI is InChI=1S/C16H15N3OS/c17-10-16(7-8-16)12-5-3-11(4-6-12)15-18-14(19-20-15)13-2-1-9-21-13/h3-6,13H,1-2,7-9H2. The molecule has 2 heterocycles. The molecule has 5 heteroatoms. The normalized spacial score (nSPS) is 22.9. The fourth-order valence-electron chi connectivity index (χ4n) is 2.79. The van der Waals surface area contributed by atoms with E-state index in [2.05, 4.69) is 16.2 Å². The molecule has 4 nitrogen and oxygen atoms in total. The van der Waals surface area contributed by atoms with Crippen LogP contribution in [-0.2, 0) is 5.41 Å². The molecule has 1 aromatic carbocycles. The summed E-state index contributed by atoms with van der Waals surface area (Å²) in [4.78, 5) is 4.53. The molecule has 0 N–H and O–H groups in total. The zero-order chi connectivity index (χ0) is 14.3. The second-order valence-electron chi connectivity index (χ2n) is 5.73. The lowest BCUT2D eigenvalue weighted by atomic mass is 9.97. The first kappa shape index (κ1) is 12.9. The van der Waals surface area contributed by atoms with Crippen molar-refractivity contribution in [1.29, 1.82) is 5.26 Å². The van der Waals surface area contributed by atoms with Gasteiger partial charge in [0.15, 0.2) is 5.82 Å². The molecule has 1 aliphatic carbocycles. The summed E-state index contributed by atoms with van der Waals surface area (Å²) in [7, 11) is 0. The highest BCUT2D eigenvalue weighted by Gasteiger charge is 2.44. The zero-order valence-electron chi connectivity index (χ0n) is 11.6. The van der Waals surface area contributed by atoms with Crippen LogP contribution < -0.4 is 0 Å². The summed E-state index contributed by atoms with van der Waals surface area (Å²) in [6.45, 7) is 0. The molecule has 1 atom stereocenters. The average molecular weight is 297 g/mol. The van der Waals surface area contributed by atoms with Crippen molar-refractivity contribution < 1.29 is 4.52 Å². The summed E-state index contributed by atoms with van der Waals surface area (Å²) in [5.74, 6) is 2.57. The van der Waals surface area contributed by atoms with Crippen LogP contribution in [0.3, 0.4) is 0 Å². The molecule has 0 bridgehead atoms. The lowest BCUT2D eigenvalue weighted by Gasteiger charge is -2.05. The molecule has 1 unspecified atom stereocenters. The molecule has 0 spiro atoms. The van der Waals surface area contributed by atoms with Crippen LogP contribution in [-0.4, -0.2) is 15.9 Å². The first-order chi connectivity index (χ1) is 10.3. The molecule has 0 amide bonds. The van der Waals surface area contributed by atoms with E-state index in [1.165, 1.54) is 12.2 Å². The van der Waals surface area contributed by atoms with Gasteiger partial charge < -0.3 is 4.52 Å². The number of thioether (sulfide) groups is 1. The topological polar surface area (TPSA) is 62.7 Å². The van der Waals surface area contributed by atoms with Crippen LogP contribution in [0.5, 0.6) is 0 Å². The maximum atomic E-state index is 9.23. The second kappa shape index (κ2) is 4.88. The molecule has 0 radical (unpaired) electrons. The van der Waals surface area contributed by atoms with Gasteiger partial charge in [-0.25, -0.2) is 0 Å². The predicted molar refractivity (Wildman–Crippen MR) is 80.7 cm³/mol. The van der Waals surface area contributed by atoms with Gasteiger partial charge in [-0.3, -0.25) is 0 Å². The number of nitrogens with zero attached hydrogens (tertiary/aromatic N) is 3. The summed E-state index contributed by atoms with van der Waals surface area (Å²) in [5.41, 5.74) is 1.79. The van der Waals surface area contributed by atoms with Crippen LogP contribution in [0.25, 0.3) is 11.5 Å². The summed E-state index contributed by atoms with van der Waals surface area (Å²) in [6, 6.07) is 10.4. The van der Waals surface area contributed by atoms with Crippen molar-refractivity contribution in [2.24, 2.45) is 0 Å². The Morgan fingerprint density at radius 2 is 2.10 bits per heavy atom. The molecular weight excluding hydrogens is 282 g/mol. The smallest absolute Gasteiger partial charge is 0.257 e. The van der Waals surface area contributed by atoms with Crippen molar-refractivity contribution in [3.63, 3.8) is 0 Å². The van der Waals surface area contributed by atoms with E-state index in [1.807, 2.05) is 36.0 Å². The molecule has 1 aromatic heterocycles. The van der Waals surface area contributed by atoms with Crippen LogP contribution in [0.15, 0.2) is 28.8 Å². The monoisotopic (exact) mass is 297 g/mol. The summed E-state index contributed by atoms with van der Waals surface area (Å²) in [6.07, 6.45) is 4.29. The van der Waals surface area contributed by atoms with Gasteiger partial charge in [0.2, 0.25) is 0 Å². The van der Waals surface area contributed by atoms with E-state index in [0.717, 1.165) is 36.2 Å². The number of aromatic nitrogens is 2. The Hall–Kier alpha value is -1.80. The largest absolute Gasteiger partial charge is 0.334 e. The SMILES string of the molecule is N#CC1(c2ccc(-c3nc(C4CCCS4)no3)cc2)CC1. The lowest BCUT2D eigenvalue weighted by molar-refractivity contribution is 0.421. The van der Waals surface area contributed by atoms with Crippen LogP contribution >= 0.6 is 11.8 Å². The third-order valence-corrected chi connectivity index (χ3v) is 5.68. The van der Waals surface area contributed by atoms with Gasteiger partial charge in [-0.15, -0.1) is 0 Å². The Labute approximate surface area is 127 Å². The van der Waals surface area contributed by atoms with E-state index in [4.69, 9.17) is 4.52 Å². The number of nitriles is 1. The number of hydrogen-bond acceptors (Lipinski definition) is 5. The van der Waals surface area contributed by atoms with E-state index >= 15 is 0 Å². The predicted octanol–water partition coefficient (Wildman–Crippen LogP) is 3.86. The van der Waals surface area contributed by atoms with Crippen molar-refractivity contribution in [2.75, 3.05) is 5.75 Å². The summed E-state index contributed by atoms with van der Waals surface area (Å²) >= 11 is 1.90. The van der Waals surface area contributed by atoms with Gasteiger partial charge >= 0.3 is 0 Å². The van der Waals surface area contributed by atoms with Crippen LogP contribution in [0.1, 0.15) is 42.3 Å². The fraction of sp³-hybridized carbons (Fsp3) is 0.438. The van der Waals surface area contributed by atoms with Gasteiger partial charge in [0.05, 0.1) is 16.7 Å². The van der Waals surface area contributed by atoms with Gasteiger partial charge in [0.25, 0.3) is 5.89 Å². The highest BCUT2D eigenvalue weighted by molar-refractivity contribution is 7.99. The minimum atomic E-state index is -0.237.